The van der Waals surface area contributed by atoms with Gasteiger partial charge in [-0.05, 0) is 37.3 Å². The van der Waals surface area contributed by atoms with Crippen LogP contribution in [0.2, 0.25) is 0 Å². The number of hydrogen-bond donors (Lipinski definition) is 2. The maximum absolute atomic E-state index is 12.5. The summed E-state index contributed by atoms with van der Waals surface area (Å²) in [5.41, 5.74) is 8.32. The van der Waals surface area contributed by atoms with Crippen LogP contribution in [0.15, 0.2) is 18.2 Å². The molecule has 0 unspecified atom stereocenters. The van der Waals surface area contributed by atoms with Gasteiger partial charge in [-0.1, -0.05) is 0 Å². The predicted octanol–water partition coefficient (Wildman–Crippen LogP) is 3.19. The van der Waals surface area contributed by atoms with Crippen LogP contribution in [-0.4, -0.2) is 12.7 Å². The minimum atomic E-state index is -0.120. The number of rotatable bonds is 2. The highest BCUT2D eigenvalue weighted by Crippen LogP contribution is 2.38. The van der Waals surface area contributed by atoms with E-state index in [1.54, 1.807) is 23.5 Å². The first kappa shape index (κ1) is 13.5. The van der Waals surface area contributed by atoms with E-state index < -0.39 is 0 Å². The average molecular weight is 316 g/mol. The molecule has 114 valence electrons. The van der Waals surface area contributed by atoms with E-state index in [0.29, 0.717) is 22.9 Å². The molecule has 1 aromatic heterocycles. The zero-order chi connectivity index (χ0) is 15.1. The van der Waals surface area contributed by atoms with E-state index in [0.717, 1.165) is 17.7 Å². The number of nitrogen functional groups attached to an aromatic ring is 1. The second-order valence-corrected chi connectivity index (χ2v) is 6.65. The monoisotopic (exact) mass is 316 g/mol. The smallest absolute Gasteiger partial charge is 0.265 e. The van der Waals surface area contributed by atoms with Crippen molar-refractivity contribution in [1.29, 1.82) is 0 Å². The zero-order valence-corrected chi connectivity index (χ0v) is 12.8. The molecule has 0 bridgehead atoms. The summed E-state index contributed by atoms with van der Waals surface area (Å²) in [7, 11) is 0. The summed E-state index contributed by atoms with van der Waals surface area (Å²) in [6.45, 7) is 0.184. The Morgan fingerprint density at radius 3 is 2.73 bits per heavy atom. The largest absolute Gasteiger partial charge is 0.454 e. The number of aryl methyl sites for hydroxylation is 2. The first-order chi connectivity index (χ1) is 10.7. The van der Waals surface area contributed by atoms with E-state index in [1.165, 1.54) is 23.3 Å². The van der Waals surface area contributed by atoms with Crippen molar-refractivity contribution in [2.24, 2.45) is 0 Å². The number of hydrogen-bond acceptors (Lipinski definition) is 5. The van der Waals surface area contributed by atoms with Crippen molar-refractivity contribution in [2.45, 2.75) is 25.7 Å². The summed E-state index contributed by atoms with van der Waals surface area (Å²) in [6, 6.07) is 5.40. The normalized spacial score (nSPS) is 15.5. The Labute approximate surface area is 132 Å². The summed E-state index contributed by atoms with van der Waals surface area (Å²) in [5.74, 6) is 1.10. The number of nitrogens with one attached hydrogen (secondary N) is 1. The fourth-order valence-corrected chi connectivity index (χ4v) is 4.00. The van der Waals surface area contributed by atoms with Gasteiger partial charge in [0, 0.05) is 17.0 Å². The van der Waals surface area contributed by atoms with Crippen LogP contribution in [0.4, 0.5) is 11.4 Å². The van der Waals surface area contributed by atoms with Crippen LogP contribution >= 0.6 is 11.3 Å². The van der Waals surface area contributed by atoms with Crippen molar-refractivity contribution in [1.82, 2.24) is 0 Å². The van der Waals surface area contributed by atoms with Gasteiger partial charge in [0.25, 0.3) is 5.91 Å². The third kappa shape index (κ3) is 2.29. The number of amides is 1. The molecule has 22 heavy (non-hydrogen) atoms. The van der Waals surface area contributed by atoms with Gasteiger partial charge in [0.05, 0.1) is 16.3 Å². The molecule has 0 atom stereocenters. The molecule has 3 N–H and O–H groups in total. The van der Waals surface area contributed by atoms with Crippen molar-refractivity contribution in [3.8, 4) is 11.5 Å². The predicted molar refractivity (Wildman–Crippen MR) is 85.9 cm³/mol. The molecule has 0 spiro atoms. The number of carbonyl (C=O) groups excluding carboxylic acids is 1. The van der Waals surface area contributed by atoms with E-state index >= 15 is 0 Å². The number of ether oxygens (including phenoxy) is 2. The highest BCUT2D eigenvalue weighted by atomic mass is 32.1. The molecule has 0 saturated carbocycles. The van der Waals surface area contributed by atoms with E-state index in [1.807, 2.05) is 6.07 Å². The van der Waals surface area contributed by atoms with Crippen LogP contribution < -0.4 is 20.5 Å². The van der Waals surface area contributed by atoms with Gasteiger partial charge in [-0.15, -0.1) is 11.3 Å². The Morgan fingerprint density at radius 2 is 1.91 bits per heavy atom. The minimum absolute atomic E-state index is 0.120. The first-order valence-electron chi connectivity index (χ1n) is 7.33. The van der Waals surface area contributed by atoms with Gasteiger partial charge in [0.15, 0.2) is 11.5 Å². The molecule has 2 aromatic rings. The van der Waals surface area contributed by atoms with Crippen molar-refractivity contribution >= 4 is 28.6 Å². The maximum atomic E-state index is 12.5. The van der Waals surface area contributed by atoms with Crippen LogP contribution in [-0.2, 0) is 12.8 Å². The second kappa shape index (κ2) is 5.21. The Bertz CT molecular complexity index is 731. The van der Waals surface area contributed by atoms with Crippen LogP contribution in [0.1, 0.15) is 33.0 Å². The summed E-state index contributed by atoms with van der Waals surface area (Å²) in [6.07, 6.45) is 4.58. The molecular weight excluding hydrogens is 300 g/mol. The lowest BCUT2D eigenvalue weighted by atomic mass is 9.99. The quantitative estimate of drug-likeness (QED) is 0.835. The lowest BCUT2D eigenvalue weighted by Gasteiger charge is -2.08. The summed E-state index contributed by atoms with van der Waals surface area (Å²) in [5, 5.41) is 2.88. The summed E-state index contributed by atoms with van der Waals surface area (Å²) < 4.78 is 10.6. The Hall–Kier alpha value is -2.21. The Balaban J connectivity index is 1.58. The lowest BCUT2D eigenvalue weighted by molar-refractivity contribution is 0.103. The molecule has 1 aliphatic carbocycles. The molecule has 2 heterocycles. The molecule has 1 aliphatic heterocycles. The molecule has 5 nitrogen and oxygen atoms in total. The maximum Gasteiger partial charge on any atom is 0.265 e. The Kier molecular flexibility index (Phi) is 3.18. The van der Waals surface area contributed by atoms with Gasteiger partial charge in [-0.2, -0.15) is 0 Å². The third-order valence-corrected chi connectivity index (χ3v) is 5.25. The van der Waals surface area contributed by atoms with Gasteiger partial charge in [-0.25, -0.2) is 0 Å². The standard InChI is InChI=1S/C16H16N2O3S/c17-10-6-12-13(21-8-20-12)7-11(10)18-16(19)15-5-9-3-1-2-4-14(9)22-15/h5-7H,1-4,8,17H2,(H,18,19). The summed E-state index contributed by atoms with van der Waals surface area (Å²) >= 11 is 1.59. The van der Waals surface area contributed by atoms with Crippen molar-refractivity contribution in [3.63, 3.8) is 0 Å². The van der Waals surface area contributed by atoms with E-state index in [2.05, 4.69) is 5.32 Å². The lowest BCUT2D eigenvalue weighted by Crippen LogP contribution is -2.11. The number of benzene rings is 1. The van der Waals surface area contributed by atoms with Crippen LogP contribution in [0.5, 0.6) is 11.5 Å². The van der Waals surface area contributed by atoms with Crippen LogP contribution in [0, 0.1) is 0 Å². The van der Waals surface area contributed by atoms with E-state index in [4.69, 9.17) is 15.2 Å². The van der Waals surface area contributed by atoms with Crippen LogP contribution in [0.3, 0.4) is 0 Å². The molecular formula is C16H16N2O3S. The summed E-state index contributed by atoms with van der Waals surface area (Å²) in [4.78, 5) is 14.5. The third-order valence-electron chi connectivity index (χ3n) is 4.01. The minimum Gasteiger partial charge on any atom is -0.454 e. The van der Waals surface area contributed by atoms with Crippen molar-refractivity contribution in [3.05, 3.63) is 33.5 Å². The second-order valence-electron chi connectivity index (χ2n) is 5.51. The van der Waals surface area contributed by atoms with Gasteiger partial charge in [0.1, 0.15) is 0 Å². The first-order valence-corrected chi connectivity index (χ1v) is 8.14. The fourth-order valence-electron chi connectivity index (χ4n) is 2.85. The van der Waals surface area contributed by atoms with Crippen molar-refractivity contribution in [2.75, 3.05) is 17.8 Å². The average Bonchev–Trinajstić information content (AvgIpc) is 3.13. The Morgan fingerprint density at radius 1 is 1.14 bits per heavy atom. The molecule has 6 heteroatoms. The molecule has 0 radical (unpaired) electrons. The van der Waals surface area contributed by atoms with Gasteiger partial charge >= 0.3 is 0 Å². The zero-order valence-electron chi connectivity index (χ0n) is 12.0. The topological polar surface area (TPSA) is 73.6 Å². The highest BCUT2D eigenvalue weighted by molar-refractivity contribution is 7.14. The number of nitrogens with two attached hydrogens (primary N) is 1. The molecule has 1 amide bonds. The van der Waals surface area contributed by atoms with Gasteiger partial charge in [-0.3, -0.25) is 4.79 Å². The highest BCUT2D eigenvalue weighted by Gasteiger charge is 2.20. The fraction of sp³-hybridized carbons (Fsp3) is 0.312. The molecule has 4 rings (SSSR count). The SMILES string of the molecule is Nc1cc2c(cc1NC(=O)c1cc3c(s1)CCCC3)OCO2. The van der Waals surface area contributed by atoms with Gasteiger partial charge < -0.3 is 20.5 Å². The van der Waals surface area contributed by atoms with E-state index in [9.17, 15) is 4.79 Å². The van der Waals surface area contributed by atoms with Crippen molar-refractivity contribution < 1.29 is 14.3 Å². The molecule has 0 fully saturated rings. The molecule has 1 aromatic carbocycles. The number of carbonyl (C=O) groups is 1. The molecule has 0 saturated heterocycles. The van der Waals surface area contributed by atoms with Gasteiger partial charge in [0.2, 0.25) is 6.79 Å². The number of thiophene rings is 1. The number of anilines is 2. The molecule has 2 aliphatic rings. The number of fused-ring (bicyclic) bond motifs is 2. The van der Waals surface area contributed by atoms with Crippen LogP contribution in [0.25, 0.3) is 0 Å². The van der Waals surface area contributed by atoms with E-state index in [-0.39, 0.29) is 12.7 Å².